The molecule has 2 heterocycles. The van der Waals surface area contributed by atoms with E-state index in [0.717, 1.165) is 23.8 Å². The Hall–Kier alpha value is -3.61. The van der Waals surface area contributed by atoms with E-state index in [-0.39, 0.29) is 29.9 Å². The van der Waals surface area contributed by atoms with E-state index in [0.29, 0.717) is 18.0 Å². The van der Waals surface area contributed by atoms with Crippen molar-refractivity contribution in [2.24, 2.45) is 0 Å². The van der Waals surface area contributed by atoms with Crippen LogP contribution >= 0.6 is 0 Å². The number of amides is 1. The molecule has 1 aliphatic rings. The van der Waals surface area contributed by atoms with E-state index in [1.807, 2.05) is 54.6 Å². The maximum absolute atomic E-state index is 12.8. The molecule has 1 aliphatic carbocycles. The third kappa shape index (κ3) is 3.35. The monoisotopic (exact) mass is 388 g/mol. The fourth-order valence-corrected chi connectivity index (χ4v) is 3.47. The second kappa shape index (κ2) is 7.09. The van der Waals surface area contributed by atoms with Crippen LogP contribution in [-0.2, 0) is 6.54 Å². The van der Waals surface area contributed by atoms with Gasteiger partial charge in [0.25, 0.3) is 5.91 Å². The zero-order valence-electron chi connectivity index (χ0n) is 15.7. The molecule has 0 radical (unpaired) electrons. The van der Waals surface area contributed by atoms with E-state index >= 15 is 0 Å². The Kier molecular flexibility index (Phi) is 4.27. The van der Waals surface area contributed by atoms with Crippen molar-refractivity contribution in [3.05, 3.63) is 76.9 Å². The second-order valence-electron chi connectivity index (χ2n) is 7.20. The predicted molar refractivity (Wildman–Crippen MR) is 109 cm³/mol. The molecule has 1 fully saturated rings. The number of fused-ring (bicyclic) bond motifs is 1. The molecule has 4 aromatic rings. The van der Waals surface area contributed by atoms with Gasteiger partial charge >= 0.3 is 5.69 Å². The van der Waals surface area contributed by atoms with Crippen LogP contribution in [0.2, 0.25) is 0 Å². The summed E-state index contributed by atoms with van der Waals surface area (Å²) in [6.45, 7) is 0.579. The van der Waals surface area contributed by atoms with Crippen molar-refractivity contribution in [2.75, 3.05) is 6.54 Å². The molecule has 7 nitrogen and oxygen atoms in total. The largest absolute Gasteiger partial charge is 0.451 e. The average molecular weight is 388 g/mol. The highest BCUT2D eigenvalue weighted by molar-refractivity contribution is 5.96. The van der Waals surface area contributed by atoms with Crippen LogP contribution in [0, 0.1) is 0 Å². The normalized spacial score (nSPS) is 13.7. The van der Waals surface area contributed by atoms with Gasteiger partial charge in [0.05, 0.1) is 6.54 Å². The Morgan fingerprint density at radius 1 is 1.10 bits per heavy atom. The molecule has 1 amide bonds. The molecule has 7 heteroatoms. The predicted octanol–water partition coefficient (Wildman–Crippen LogP) is 3.22. The van der Waals surface area contributed by atoms with Crippen molar-refractivity contribution < 1.29 is 9.21 Å². The zero-order chi connectivity index (χ0) is 19.8. The summed E-state index contributed by atoms with van der Waals surface area (Å²) in [5.41, 5.74) is 1.45. The molecule has 0 unspecified atom stereocenters. The third-order valence-electron chi connectivity index (χ3n) is 5.07. The topological polar surface area (TPSA) is 82.1 Å². The lowest BCUT2D eigenvalue weighted by Gasteiger charge is -2.02. The molecule has 0 spiro atoms. The highest BCUT2D eigenvalue weighted by atomic mass is 16.3. The van der Waals surface area contributed by atoms with Crippen LogP contribution in [-0.4, -0.2) is 26.8 Å². The first-order valence-electron chi connectivity index (χ1n) is 9.72. The van der Waals surface area contributed by atoms with Crippen LogP contribution < -0.4 is 11.0 Å². The third-order valence-corrected chi connectivity index (χ3v) is 5.07. The number of aromatic nitrogens is 3. The number of carbonyl (C=O) groups is 1. The molecule has 0 aliphatic heterocycles. The maximum Gasteiger partial charge on any atom is 0.346 e. The molecule has 2 aromatic carbocycles. The van der Waals surface area contributed by atoms with Gasteiger partial charge in [0, 0.05) is 23.5 Å². The van der Waals surface area contributed by atoms with Gasteiger partial charge in [-0.15, -0.1) is 5.10 Å². The minimum atomic E-state index is -0.306. The number of carbonyl (C=O) groups excluding carboxylic acids is 1. The Labute approximate surface area is 166 Å². The summed E-state index contributed by atoms with van der Waals surface area (Å²) in [7, 11) is 0. The van der Waals surface area contributed by atoms with Gasteiger partial charge in [0.2, 0.25) is 0 Å². The van der Waals surface area contributed by atoms with Crippen LogP contribution in [0.1, 0.15) is 29.4 Å². The van der Waals surface area contributed by atoms with Crippen molar-refractivity contribution >= 4 is 16.9 Å². The fraction of sp³-hybridized carbons (Fsp3) is 0.227. The number of para-hydroxylation sites is 1. The number of furan rings is 1. The van der Waals surface area contributed by atoms with Gasteiger partial charge in [-0.1, -0.05) is 48.5 Å². The van der Waals surface area contributed by atoms with E-state index in [2.05, 4.69) is 10.4 Å². The molecular formula is C22H20N4O3. The summed E-state index contributed by atoms with van der Waals surface area (Å²) >= 11 is 0. The summed E-state index contributed by atoms with van der Waals surface area (Å²) < 4.78 is 8.78. The molecule has 0 atom stereocenters. The minimum absolute atomic E-state index is 0.135. The lowest BCUT2D eigenvalue weighted by Crippen LogP contribution is -2.32. The van der Waals surface area contributed by atoms with Gasteiger partial charge in [-0.05, 0) is 25.0 Å². The van der Waals surface area contributed by atoms with E-state index in [4.69, 9.17) is 4.42 Å². The fourth-order valence-electron chi connectivity index (χ4n) is 3.47. The standard InChI is InChI=1S/C22H20N4O3/c27-21(19-14-16-8-4-5-9-18(16)29-19)23-12-13-25-22(28)26(17-10-11-17)20(24-25)15-6-2-1-3-7-15/h1-9,14,17H,10-13H2,(H,23,27). The van der Waals surface area contributed by atoms with E-state index < -0.39 is 0 Å². The molecule has 5 rings (SSSR count). The summed E-state index contributed by atoms with van der Waals surface area (Å²) in [5.74, 6) is 0.632. The first kappa shape index (κ1) is 17.5. The van der Waals surface area contributed by atoms with Crippen molar-refractivity contribution in [3.63, 3.8) is 0 Å². The van der Waals surface area contributed by atoms with Crippen LogP contribution in [0.15, 0.2) is 69.9 Å². The number of nitrogens with one attached hydrogen (secondary N) is 1. The second-order valence-corrected chi connectivity index (χ2v) is 7.20. The SMILES string of the molecule is O=C(NCCn1nc(-c2ccccc2)n(C2CC2)c1=O)c1cc2ccccc2o1. The van der Waals surface area contributed by atoms with Crippen LogP contribution in [0.5, 0.6) is 0 Å². The summed E-state index contributed by atoms with van der Waals surface area (Å²) in [5, 5.41) is 8.22. The van der Waals surface area contributed by atoms with Gasteiger partial charge in [-0.25, -0.2) is 9.48 Å². The quantitative estimate of drug-likeness (QED) is 0.550. The summed E-state index contributed by atoms with van der Waals surface area (Å²) in [6.07, 6.45) is 1.99. The molecule has 1 saturated carbocycles. The Balaban J connectivity index is 1.32. The van der Waals surface area contributed by atoms with E-state index in [1.165, 1.54) is 4.68 Å². The van der Waals surface area contributed by atoms with Gasteiger partial charge in [0.1, 0.15) is 5.58 Å². The molecule has 0 saturated heterocycles. The number of benzene rings is 2. The maximum atomic E-state index is 12.8. The van der Waals surface area contributed by atoms with Crippen molar-refractivity contribution in [2.45, 2.75) is 25.4 Å². The van der Waals surface area contributed by atoms with Gasteiger partial charge in [0.15, 0.2) is 11.6 Å². The summed E-state index contributed by atoms with van der Waals surface area (Å²) in [4.78, 5) is 25.2. The van der Waals surface area contributed by atoms with Gasteiger partial charge < -0.3 is 9.73 Å². The number of hydrogen-bond donors (Lipinski definition) is 1. The first-order chi connectivity index (χ1) is 14.2. The lowest BCUT2D eigenvalue weighted by atomic mass is 10.2. The van der Waals surface area contributed by atoms with Crippen LogP contribution in [0.4, 0.5) is 0 Å². The molecule has 0 bridgehead atoms. The van der Waals surface area contributed by atoms with Gasteiger partial charge in [-0.3, -0.25) is 9.36 Å². The number of nitrogens with zero attached hydrogens (tertiary/aromatic N) is 3. The Bertz CT molecular complexity index is 1200. The molecular weight excluding hydrogens is 368 g/mol. The first-order valence-corrected chi connectivity index (χ1v) is 9.72. The van der Waals surface area contributed by atoms with Crippen LogP contribution in [0.3, 0.4) is 0 Å². The Morgan fingerprint density at radius 3 is 2.62 bits per heavy atom. The smallest absolute Gasteiger partial charge is 0.346 e. The van der Waals surface area contributed by atoms with Crippen molar-refractivity contribution in [1.29, 1.82) is 0 Å². The highest BCUT2D eigenvalue weighted by Crippen LogP contribution is 2.36. The van der Waals surface area contributed by atoms with Crippen molar-refractivity contribution in [3.8, 4) is 11.4 Å². The summed E-state index contributed by atoms with van der Waals surface area (Å²) in [6, 6.07) is 19.1. The molecule has 1 N–H and O–H groups in total. The molecule has 146 valence electrons. The highest BCUT2D eigenvalue weighted by Gasteiger charge is 2.30. The van der Waals surface area contributed by atoms with Crippen molar-refractivity contribution in [1.82, 2.24) is 19.7 Å². The van der Waals surface area contributed by atoms with Crippen LogP contribution in [0.25, 0.3) is 22.4 Å². The Morgan fingerprint density at radius 2 is 1.86 bits per heavy atom. The van der Waals surface area contributed by atoms with Gasteiger partial charge in [-0.2, -0.15) is 0 Å². The number of hydrogen-bond acceptors (Lipinski definition) is 4. The van der Waals surface area contributed by atoms with E-state index in [1.54, 1.807) is 10.6 Å². The molecule has 2 aromatic heterocycles. The zero-order valence-corrected chi connectivity index (χ0v) is 15.7. The average Bonchev–Trinajstić information content (AvgIpc) is 3.40. The minimum Gasteiger partial charge on any atom is -0.451 e. The van der Waals surface area contributed by atoms with E-state index in [9.17, 15) is 9.59 Å². The lowest BCUT2D eigenvalue weighted by molar-refractivity contribution is 0.0926. The number of rotatable bonds is 6. The molecule has 29 heavy (non-hydrogen) atoms.